The highest BCUT2D eigenvalue weighted by Gasteiger charge is 2.37. The maximum absolute atomic E-state index is 14.7. The van der Waals surface area contributed by atoms with E-state index in [0.717, 1.165) is 42.4 Å². The zero-order valence-electron chi connectivity index (χ0n) is 27.6. The molecule has 3 N–H and O–H groups in total. The Bertz CT molecular complexity index is 1410. The molecule has 0 aliphatic carbocycles. The number of unbranched alkanes of at least 4 members (excludes halogenated alkanes) is 4. The summed E-state index contributed by atoms with van der Waals surface area (Å²) in [5.41, 5.74) is 3.13. The van der Waals surface area contributed by atoms with Crippen LogP contribution in [0.1, 0.15) is 88.1 Å². The van der Waals surface area contributed by atoms with E-state index in [4.69, 9.17) is 4.74 Å². The van der Waals surface area contributed by atoms with Gasteiger partial charge in [-0.25, -0.2) is 4.79 Å². The molecule has 8 heteroatoms. The zero-order chi connectivity index (χ0) is 33.0. The molecule has 0 saturated heterocycles. The quantitative estimate of drug-likeness (QED) is 0.162. The van der Waals surface area contributed by atoms with Crippen molar-refractivity contribution in [2.45, 2.75) is 97.8 Å². The number of hydrogen-bond acceptors (Lipinski definition) is 5. The second-order valence-corrected chi connectivity index (χ2v) is 12.6. The van der Waals surface area contributed by atoms with Gasteiger partial charge in [-0.05, 0) is 81.5 Å². The molecule has 0 spiro atoms. The minimum absolute atomic E-state index is 0.0999. The summed E-state index contributed by atoms with van der Waals surface area (Å²) < 4.78 is 5.54. The molecule has 0 bridgehead atoms. The number of alkyl carbamates (subject to hydrolysis) is 1. The van der Waals surface area contributed by atoms with Crippen molar-refractivity contribution in [3.63, 3.8) is 0 Å². The lowest BCUT2D eigenvalue weighted by Gasteiger charge is -2.35. The van der Waals surface area contributed by atoms with Gasteiger partial charge < -0.3 is 25.4 Å². The highest BCUT2D eigenvalue weighted by atomic mass is 16.6. The van der Waals surface area contributed by atoms with E-state index in [-0.39, 0.29) is 18.1 Å². The van der Waals surface area contributed by atoms with E-state index >= 15 is 0 Å². The molecular formula is C37H49N3O5. The minimum atomic E-state index is -1.03. The lowest BCUT2D eigenvalue weighted by Crippen LogP contribution is -2.53. The van der Waals surface area contributed by atoms with Gasteiger partial charge in [0.25, 0.3) is 5.91 Å². The first kappa shape index (κ1) is 35.2. The summed E-state index contributed by atoms with van der Waals surface area (Å²) in [6.45, 7) is 11.6. The smallest absolute Gasteiger partial charge is 0.408 e. The van der Waals surface area contributed by atoms with Crippen LogP contribution < -0.4 is 10.6 Å². The first-order chi connectivity index (χ1) is 21.4. The van der Waals surface area contributed by atoms with Gasteiger partial charge in [0.2, 0.25) is 5.91 Å². The molecule has 3 rings (SSSR count). The van der Waals surface area contributed by atoms with Gasteiger partial charge in [0.1, 0.15) is 23.4 Å². The van der Waals surface area contributed by atoms with Gasteiger partial charge >= 0.3 is 6.09 Å². The highest BCUT2D eigenvalue weighted by molar-refractivity contribution is 5.99. The predicted molar refractivity (Wildman–Crippen MR) is 179 cm³/mol. The highest BCUT2D eigenvalue weighted by Crippen LogP contribution is 2.29. The molecule has 3 aromatic rings. The number of benzene rings is 3. The van der Waals surface area contributed by atoms with Crippen LogP contribution in [0.3, 0.4) is 0 Å². The zero-order valence-corrected chi connectivity index (χ0v) is 27.6. The van der Waals surface area contributed by atoms with Gasteiger partial charge in [0.15, 0.2) is 0 Å². The fourth-order valence-electron chi connectivity index (χ4n) is 5.23. The topological polar surface area (TPSA) is 108 Å². The SMILES string of the molecule is CCCCCCCN(C(=O)C(Cc1ccc(O)cc1)NC(=O)OC(C)(C)C)C(C(=O)Nc1ccccc1C)c1ccccc1C. The number of para-hydroxylation sites is 1. The molecule has 8 nitrogen and oxygen atoms in total. The van der Waals surface area contributed by atoms with Crippen molar-refractivity contribution in [1.82, 2.24) is 10.2 Å². The summed E-state index contributed by atoms with van der Waals surface area (Å²) in [5.74, 6) is -0.623. The van der Waals surface area contributed by atoms with Crippen molar-refractivity contribution in [2.75, 3.05) is 11.9 Å². The van der Waals surface area contributed by atoms with Gasteiger partial charge in [-0.2, -0.15) is 0 Å². The van der Waals surface area contributed by atoms with E-state index in [0.29, 0.717) is 24.2 Å². The normalized spacial score (nSPS) is 12.6. The van der Waals surface area contributed by atoms with Crippen LogP contribution in [0.4, 0.5) is 10.5 Å². The summed E-state index contributed by atoms with van der Waals surface area (Å²) in [4.78, 5) is 43.7. The van der Waals surface area contributed by atoms with Crippen LogP contribution in [0.15, 0.2) is 72.8 Å². The van der Waals surface area contributed by atoms with E-state index in [1.165, 1.54) is 0 Å². The Balaban J connectivity index is 2.08. The average Bonchev–Trinajstić information content (AvgIpc) is 2.98. The van der Waals surface area contributed by atoms with E-state index < -0.39 is 29.7 Å². The first-order valence-electron chi connectivity index (χ1n) is 15.9. The molecule has 242 valence electrons. The Kier molecular flexibility index (Phi) is 13.0. The molecule has 0 aromatic heterocycles. The summed E-state index contributed by atoms with van der Waals surface area (Å²) >= 11 is 0. The van der Waals surface area contributed by atoms with E-state index in [1.54, 1.807) is 49.9 Å². The lowest BCUT2D eigenvalue weighted by molar-refractivity contribution is -0.140. The molecule has 2 atom stereocenters. The van der Waals surface area contributed by atoms with Crippen molar-refractivity contribution in [3.05, 3.63) is 95.1 Å². The van der Waals surface area contributed by atoms with E-state index in [9.17, 15) is 19.5 Å². The Hall–Kier alpha value is -4.33. The van der Waals surface area contributed by atoms with E-state index in [2.05, 4.69) is 17.6 Å². The molecular weight excluding hydrogens is 566 g/mol. The molecule has 0 fully saturated rings. The fraction of sp³-hybridized carbons (Fsp3) is 0.432. The Morgan fingerprint density at radius 3 is 2.09 bits per heavy atom. The number of anilines is 1. The average molecular weight is 616 g/mol. The van der Waals surface area contributed by atoms with Crippen LogP contribution in [-0.4, -0.2) is 46.1 Å². The number of carbonyl (C=O) groups excluding carboxylic acids is 3. The Labute approximate surface area is 268 Å². The predicted octanol–water partition coefficient (Wildman–Crippen LogP) is 7.62. The third-order valence-corrected chi connectivity index (χ3v) is 7.60. The largest absolute Gasteiger partial charge is 0.508 e. The van der Waals surface area contributed by atoms with E-state index in [1.807, 2.05) is 62.4 Å². The molecule has 2 unspecified atom stereocenters. The standard InChI is InChI=1S/C37H49N3O5/c1-7-8-9-10-15-24-40(33(30-18-13-11-16-26(30)2)34(42)38-31-19-14-12-17-27(31)3)35(43)32(39-36(44)45-37(4,5)6)25-28-20-22-29(41)23-21-28/h11-14,16-23,32-33,41H,7-10,15,24-25H2,1-6H3,(H,38,42)(H,39,44). The fourth-order valence-corrected chi connectivity index (χ4v) is 5.23. The molecule has 0 aliphatic heterocycles. The van der Waals surface area contributed by atoms with Crippen LogP contribution in [-0.2, 0) is 20.7 Å². The maximum atomic E-state index is 14.7. The van der Waals surface area contributed by atoms with Crippen molar-refractivity contribution in [1.29, 1.82) is 0 Å². The van der Waals surface area contributed by atoms with Crippen molar-refractivity contribution in [3.8, 4) is 5.75 Å². The summed E-state index contributed by atoms with van der Waals surface area (Å²) in [6.07, 6.45) is 4.22. The maximum Gasteiger partial charge on any atom is 0.408 e. The number of hydrogen-bond donors (Lipinski definition) is 3. The van der Waals surface area contributed by atoms with Crippen LogP contribution in [0.2, 0.25) is 0 Å². The second kappa shape index (κ2) is 16.7. The number of aryl methyl sites for hydroxylation is 2. The van der Waals surface area contributed by atoms with Crippen molar-refractivity contribution >= 4 is 23.6 Å². The number of phenolic OH excluding ortho intramolecular Hbond substituents is 1. The summed E-state index contributed by atoms with van der Waals surface area (Å²) in [6, 6.07) is 19.7. The van der Waals surface area contributed by atoms with Crippen molar-refractivity contribution in [2.24, 2.45) is 0 Å². The van der Waals surface area contributed by atoms with Gasteiger partial charge in [-0.15, -0.1) is 0 Å². The van der Waals surface area contributed by atoms with Crippen LogP contribution in [0.25, 0.3) is 0 Å². The first-order valence-corrected chi connectivity index (χ1v) is 15.9. The Morgan fingerprint density at radius 2 is 1.47 bits per heavy atom. The molecule has 0 radical (unpaired) electrons. The lowest BCUT2D eigenvalue weighted by atomic mass is 9.96. The second-order valence-electron chi connectivity index (χ2n) is 12.6. The van der Waals surface area contributed by atoms with Gasteiger partial charge in [-0.3, -0.25) is 9.59 Å². The third kappa shape index (κ3) is 11.0. The molecule has 3 amide bonds. The monoisotopic (exact) mass is 615 g/mol. The number of nitrogens with one attached hydrogen (secondary N) is 2. The molecule has 0 saturated carbocycles. The number of carbonyl (C=O) groups is 3. The van der Waals surface area contributed by atoms with Crippen molar-refractivity contribution < 1.29 is 24.2 Å². The number of aromatic hydroxyl groups is 1. The number of nitrogens with zero attached hydrogens (tertiary/aromatic N) is 1. The van der Waals surface area contributed by atoms with Gasteiger partial charge in [0.05, 0.1) is 0 Å². The van der Waals surface area contributed by atoms with Crippen LogP contribution in [0, 0.1) is 13.8 Å². The number of amides is 3. The third-order valence-electron chi connectivity index (χ3n) is 7.60. The summed E-state index contributed by atoms with van der Waals surface area (Å²) in [7, 11) is 0. The summed E-state index contributed by atoms with van der Waals surface area (Å²) in [5, 5.41) is 15.7. The Morgan fingerprint density at radius 1 is 0.844 bits per heavy atom. The van der Waals surface area contributed by atoms with Crippen LogP contribution in [0.5, 0.6) is 5.75 Å². The molecule has 0 aliphatic rings. The minimum Gasteiger partial charge on any atom is -0.508 e. The number of ether oxygens (including phenoxy) is 1. The number of rotatable bonds is 14. The van der Waals surface area contributed by atoms with Crippen LogP contribution >= 0.6 is 0 Å². The molecule has 45 heavy (non-hydrogen) atoms. The molecule has 3 aromatic carbocycles. The van der Waals surface area contributed by atoms with Gasteiger partial charge in [0, 0.05) is 18.7 Å². The number of phenols is 1. The van der Waals surface area contributed by atoms with Gasteiger partial charge in [-0.1, -0.05) is 87.2 Å². The molecule has 0 heterocycles.